The number of halogens is 1. The van der Waals surface area contributed by atoms with Crippen molar-refractivity contribution in [2.45, 2.75) is 20.0 Å². The Kier molecular flexibility index (Phi) is 6.19. The van der Waals surface area contributed by atoms with Gasteiger partial charge in [-0.25, -0.2) is 9.07 Å². The molecule has 0 aliphatic carbocycles. The summed E-state index contributed by atoms with van der Waals surface area (Å²) in [5.41, 5.74) is 1.90. The average molecular weight is 394 g/mol. The van der Waals surface area contributed by atoms with Gasteiger partial charge in [0.1, 0.15) is 11.5 Å². The highest BCUT2D eigenvalue weighted by Crippen LogP contribution is 2.13. The molecule has 1 N–H and O–H groups in total. The highest BCUT2D eigenvalue weighted by atomic mass is 19.1. The van der Waals surface area contributed by atoms with Crippen molar-refractivity contribution < 1.29 is 9.18 Å². The van der Waals surface area contributed by atoms with Crippen molar-refractivity contribution in [2.24, 2.45) is 0 Å². The molecule has 3 aromatic rings. The monoisotopic (exact) mass is 394 g/mol. The Morgan fingerprint density at radius 3 is 2.41 bits per heavy atom. The lowest BCUT2D eigenvalue weighted by Crippen LogP contribution is -2.31. The number of aryl methyl sites for hydroxylation is 1. The topological polar surface area (TPSA) is 67.2 Å². The van der Waals surface area contributed by atoms with E-state index in [9.17, 15) is 14.0 Å². The van der Waals surface area contributed by atoms with Gasteiger partial charge in [0.05, 0.1) is 0 Å². The number of para-hydroxylation sites is 1. The SMILES string of the molecule is Cc1cc(=O)c(C(=O)NCc2ccc(CN(C)C)cc2)nn1-c1ccccc1F. The summed E-state index contributed by atoms with van der Waals surface area (Å²) >= 11 is 0. The molecule has 0 aliphatic heterocycles. The number of hydrogen-bond donors (Lipinski definition) is 1. The lowest BCUT2D eigenvalue weighted by Gasteiger charge is -2.12. The molecule has 0 saturated heterocycles. The zero-order chi connectivity index (χ0) is 21.0. The smallest absolute Gasteiger partial charge is 0.276 e. The summed E-state index contributed by atoms with van der Waals surface area (Å²) in [5.74, 6) is -1.09. The molecule has 0 saturated carbocycles. The standard InChI is InChI=1S/C22H23FN4O2/c1-15-12-20(28)21(25-27(15)19-7-5-4-6-18(19)23)22(29)24-13-16-8-10-17(11-9-16)14-26(2)3/h4-12H,13-14H2,1-3H3,(H,24,29). The van der Waals surface area contributed by atoms with E-state index >= 15 is 0 Å². The summed E-state index contributed by atoms with van der Waals surface area (Å²) in [6.45, 7) is 2.73. The number of nitrogens with one attached hydrogen (secondary N) is 1. The molecular weight excluding hydrogens is 371 g/mol. The Hall–Kier alpha value is -3.32. The first kappa shape index (κ1) is 20.4. The van der Waals surface area contributed by atoms with Crippen LogP contribution in [-0.4, -0.2) is 34.7 Å². The summed E-state index contributed by atoms with van der Waals surface area (Å²) < 4.78 is 15.4. The minimum Gasteiger partial charge on any atom is -0.346 e. The van der Waals surface area contributed by atoms with E-state index in [2.05, 4.69) is 15.3 Å². The molecule has 0 unspecified atom stereocenters. The first-order chi connectivity index (χ1) is 13.8. The Labute approximate surface area is 168 Å². The summed E-state index contributed by atoms with van der Waals surface area (Å²) in [6, 6.07) is 15.2. The molecule has 0 atom stereocenters. The van der Waals surface area contributed by atoms with Crippen molar-refractivity contribution in [1.82, 2.24) is 20.0 Å². The van der Waals surface area contributed by atoms with Gasteiger partial charge in [-0.2, -0.15) is 5.10 Å². The quantitative estimate of drug-likeness (QED) is 0.698. The molecule has 1 amide bonds. The van der Waals surface area contributed by atoms with E-state index < -0.39 is 17.2 Å². The van der Waals surface area contributed by atoms with Crippen molar-refractivity contribution in [3.05, 3.63) is 93.2 Å². The molecule has 3 rings (SSSR count). The maximum Gasteiger partial charge on any atom is 0.276 e. The molecule has 1 heterocycles. The predicted molar refractivity (Wildman–Crippen MR) is 110 cm³/mol. The number of nitrogens with zero attached hydrogens (tertiary/aromatic N) is 3. The Bertz CT molecular complexity index is 1070. The summed E-state index contributed by atoms with van der Waals surface area (Å²) in [5, 5.41) is 6.82. The van der Waals surface area contributed by atoms with Crippen LogP contribution >= 0.6 is 0 Å². The number of carbonyl (C=O) groups excluding carboxylic acids is 1. The van der Waals surface area contributed by atoms with Gasteiger partial charge in [-0.1, -0.05) is 36.4 Å². The third-order valence-corrected chi connectivity index (χ3v) is 4.38. The van der Waals surface area contributed by atoms with Crippen LogP contribution in [0.2, 0.25) is 0 Å². The van der Waals surface area contributed by atoms with Crippen LogP contribution in [0, 0.1) is 12.7 Å². The van der Waals surface area contributed by atoms with E-state index in [1.54, 1.807) is 19.1 Å². The Morgan fingerprint density at radius 2 is 1.76 bits per heavy atom. The molecule has 1 aromatic heterocycles. The molecule has 150 valence electrons. The second-order valence-electron chi connectivity index (χ2n) is 7.10. The lowest BCUT2D eigenvalue weighted by atomic mass is 10.1. The maximum atomic E-state index is 14.1. The summed E-state index contributed by atoms with van der Waals surface area (Å²) in [4.78, 5) is 26.9. The van der Waals surface area contributed by atoms with Gasteiger partial charge < -0.3 is 10.2 Å². The van der Waals surface area contributed by atoms with Crippen molar-refractivity contribution in [3.63, 3.8) is 0 Å². The van der Waals surface area contributed by atoms with Crippen LogP contribution in [0.15, 0.2) is 59.4 Å². The molecule has 0 fully saturated rings. The van der Waals surface area contributed by atoms with Gasteiger partial charge >= 0.3 is 0 Å². The van der Waals surface area contributed by atoms with Crippen LogP contribution in [0.4, 0.5) is 4.39 Å². The number of carbonyl (C=O) groups is 1. The molecule has 2 aromatic carbocycles. The molecule has 6 nitrogen and oxygen atoms in total. The fourth-order valence-electron chi connectivity index (χ4n) is 2.97. The Morgan fingerprint density at radius 1 is 1.10 bits per heavy atom. The van der Waals surface area contributed by atoms with Gasteiger partial charge in [-0.05, 0) is 44.3 Å². The van der Waals surface area contributed by atoms with Crippen LogP contribution in [0.1, 0.15) is 27.3 Å². The fraction of sp³-hybridized carbons (Fsp3) is 0.227. The molecule has 0 aliphatic rings. The van der Waals surface area contributed by atoms with Gasteiger partial charge in [0, 0.05) is 24.8 Å². The summed E-state index contributed by atoms with van der Waals surface area (Å²) in [6.07, 6.45) is 0. The second kappa shape index (κ2) is 8.79. The minimum absolute atomic E-state index is 0.176. The molecule has 0 spiro atoms. The van der Waals surface area contributed by atoms with E-state index in [1.807, 2.05) is 38.4 Å². The van der Waals surface area contributed by atoms with E-state index in [4.69, 9.17) is 0 Å². The van der Waals surface area contributed by atoms with Gasteiger partial charge in [-0.15, -0.1) is 0 Å². The number of rotatable bonds is 6. The zero-order valence-electron chi connectivity index (χ0n) is 16.6. The zero-order valence-corrected chi connectivity index (χ0v) is 16.6. The highest BCUT2D eigenvalue weighted by molar-refractivity contribution is 5.92. The van der Waals surface area contributed by atoms with Crippen LogP contribution in [0.5, 0.6) is 0 Å². The van der Waals surface area contributed by atoms with Gasteiger partial charge in [0.25, 0.3) is 5.91 Å². The number of aromatic nitrogens is 2. The Balaban J connectivity index is 1.78. The normalized spacial score (nSPS) is 10.9. The molecular formula is C22H23FN4O2. The van der Waals surface area contributed by atoms with Gasteiger partial charge in [-0.3, -0.25) is 9.59 Å². The minimum atomic E-state index is -0.600. The highest BCUT2D eigenvalue weighted by Gasteiger charge is 2.16. The van der Waals surface area contributed by atoms with Gasteiger partial charge in [0.2, 0.25) is 5.43 Å². The molecule has 0 bridgehead atoms. The molecule has 0 radical (unpaired) electrons. The van der Waals surface area contributed by atoms with Crippen molar-refractivity contribution in [1.29, 1.82) is 0 Å². The number of amides is 1. The van der Waals surface area contributed by atoms with Crippen LogP contribution < -0.4 is 10.7 Å². The molecule has 7 heteroatoms. The first-order valence-corrected chi connectivity index (χ1v) is 9.22. The first-order valence-electron chi connectivity index (χ1n) is 9.22. The third-order valence-electron chi connectivity index (χ3n) is 4.38. The third kappa shape index (κ3) is 4.94. The summed E-state index contributed by atoms with van der Waals surface area (Å²) in [7, 11) is 3.99. The van der Waals surface area contributed by atoms with E-state index in [-0.39, 0.29) is 17.9 Å². The van der Waals surface area contributed by atoms with Crippen LogP contribution in [0.25, 0.3) is 5.69 Å². The van der Waals surface area contributed by atoms with E-state index in [1.165, 1.54) is 22.9 Å². The van der Waals surface area contributed by atoms with Gasteiger partial charge in [0.15, 0.2) is 5.69 Å². The average Bonchev–Trinajstić information content (AvgIpc) is 2.68. The predicted octanol–water partition coefficient (Wildman–Crippen LogP) is 2.67. The van der Waals surface area contributed by atoms with Crippen molar-refractivity contribution >= 4 is 5.91 Å². The largest absolute Gasteiger partial charge is 0.346 e. The number of hydrogen-bond acceptors (Lipinski definition) is 4. The van der Waals surface area contributed by atoms with Crippen LogP contribution in [-0.2, 0) is 13.1 Å². The van der Waals surface area contributed by atoms with E-state index in [0.717, 1.165) is 17.7 Å². The fourth-order valence-corrected chi connectivity index (χ4v) is 2.97. The van der Waals surface area contributed by atoms with Crippen molar-refractivity contribution in [2.75, 3.05) is 14.1 Å². The van der Waals surface area contributed by atoms with E-state index in [0.29, 0.717) is 5.69 Å². The molecule has 29 heavy (non-hydrogen) atoms. The number of benzene rings is 2. The second-order valence-corrected chi connectivity index (χ2v) is 7.10. The van der Waals surface area contributed by atoms with Crippen LogP contribution in [0.3, 0.4) is 0 Å². The van der Waals surface area contributed by atoms with Crippen molar-refractivity contribution in [3.8, 4) is 5.69 Å². The lowest BCUT2D eigenvalue weighted by molar-refractivity contribution is 0.0943. The maximum absolute atomic E-state index is 14.1.